The van der Waals surface area contributed by atoms with E-state index in [0.29, 0.717) is 23.6 Å². The third-order valence-corrected chi connectivity index (χ3v) is 7.57. The van der Waals surface area contributed by atoms with Crippen LogP contribution in [0.25, 0.3) is 0 Å². The largest absolute Gasteiger partial charge is 0.497 e. The van der Waals surface area contributed by atoms with Crippen molar-refractivity contribution in [1.82, 2.24) is 14.5 Å². The van der Waals surface area contributed by atoms with Crippen LogP contribution in [0.3, 0.4) is 0 Å². The first-order valence-electron chi connectivity index (χ1n) is 12.0. The Bertz CT molecular complexity index is 1320. The number of hydrogen-bond donors (Lipinski definition) is 1. The van der Waals surface area contributed by atoms with Gasteiger partial charge in [-0.05, 0) is 47.4 Å². The number of nitrogens with one attached hydrogen (secondary N) is 1. The molecule has 8 nitrogen and oxygen atoms in total. The summed E-state index contributed by atoms with van der Waals surface area (Å²) in [7, 11) is -0.677. The van der Waals surface area contributed by atoms with Gasteiger partial charge in [-0.1, -0.05) is 66.2 Å². The Morgan fingerprint density at radius 2 is 1.55 bits per heavy atom. The molecule has 0 aliphatic rings. The molecule has 3 rings (SSSR count). The van der Waals surface area contributed by atoms with E-state index in [4.69, 9.17) is 16.3 Å². The molecule has 0 saturated heterocycles. The Morgan fingerprint density at radius 3 is 2.13 bits per heavy atom. The van der Waals surface area contributed by atoms with E-state index in [-0.39, 0.29) is 12.5 Å². The van der Waals surface area contributed by atoms with Gasteiger partial charge in [0.2, 0.25) is 21.8 Å². The average Bonchev–Trinajstić information content (AvgIpc) is 2.90. The predicted octanol–water partition coefficient (Wildman–Crippen LogP) is 3.67. The van der Waals surface area contributed by atoms with Crippen LogP contribution in [0.1, 0.15) is 22.7 Å². The zero-order valence-corrected chi connectivity index (χ0v) is 23.2. The van der Waals surface area contributed by atoms with E-state index < -0.39 is 28.5 Å². The van der Waals surface area contributed by atoms with Gasteiger partial charge in [-0.15, -0.1) is 0 Å². The number of halogens is 1. The molecule has 0 fully saturated rings. The van der Waals surface area contributed by atoms with Crippen LogP contribution < -0.4 is 10.1 Å². The average molecular weight is 558 g/mol. The molecule has 0 radical (unpaired) electrons. The van der Waals surface area contributed by atoms with Gasteiger partial charge in [0, 0.05) is 25.2 Å². The molecule has 1 atom stereocenters. The summed E-state index contributed by atoms with van der Waals surface area (Å²) in [6.45, 7) is 0.0225. The molecule has 0 aliphatic carbocycles. The highest BCUT2D eigenvalue weighted by Gasteiger charge is 2.32. The Balaban J connectivity index is 1.89. The number of hydrogen-bond acceptors (Lipinski definition) is 5. The molecule has 0 spiro atoms. The summed E-state index contributed by atoms with van der Waals surface area (Å²) in [6, 6.07) is 22.5. The van der Waals surface area contributed by atoms with Gasteiger partial charge < -0.3 is 15.0 Å². The van der Waals surface area contributed by atoms with Crippen molar-refractivity contribution in [2.24, 2.45) is 0 Å². The van der Waals surface area contributed by atoms with E-state index in [1.54, 1.807) is 55.6 Å². The normalized spacial score (nSPS) is 12.1. The lowest BCUT2D eigenvalue weighted by atomic mass is 10.0. The van der Waals surface area contributed by atoms with E-state index in [1.165, 1.54) is 11.9 Å². The quantitative estimate of drug-likeness (QED) is 0.366. The Kier molecular flexibility index (Phi) is 10.3. The number of sulfonamides is 1. The Morgan fingerprint density at radius 1 is 0.947 bits per heavy atom. The van der Waals surface area contributed by atoms with Crippen LogP contribution in [-0.4, -0.2) is 62.9 Å². The third kappa shape index (κ3) is 8.31. The van der Waals surface area contributed by atoms with Crippen LogP contribution in [-0.2, 0) is 32.6 Å². The fourth-order valence-corrected chi connectivity index (χ4v) is 4.31. The van der Waals surface area contributed by atoms with Gasteiger partial charge in [0.05, 0.1) is 19.9 Å². The molecule has 2 amide bonds. The van der Waals surface area contributed by atoms with Crippen molar-refractivity contribution in [3.63, 3.8) is 0 Å². The fourth-order valence-electron chi connectivity index (χ4n) is 3.84. The number of likely N-dealkylation sites (N-methyl/N-ethyl adjacent to an activating group) is 1. The molecule has 3 aromatic carbocycles. The minimum absolute atomic E-state index is 0.0824. The summed E-state index contributed by atoms with van der Waals surface area (Å²) in [5.41, 5.74) is 2.38. The second-order valence-electron chi connectivity index (χ2n) is 8.87. The summed E-state index contributed by atoms with van der Waals surface area (Å²) >= 11 is 6.04. The first kappa shape index (κ1) is 29.2. The van der Waals surface area contributed by atoms with Crippen LogP contribution in [0.15, 0.2) is 78.9 Å². The minimum atomic E-state index is -3.61. The summed E-state index contributed by atoms with van der Waals surface area (Å²) in [4.78, 5) is 28.6. The highest BCUT2D eigenvalue weighted by molar-refractivity contribution is 7.88. The van der Waals surface area contributed by atoms with Crippen LogP contribution in [0.5, 0.6) is 5.75 Å². The lowest BCUT2D eigenvalue weighted by Crippen LogP contribution is -2.47. The van der Waals surface area contributed by atoms with E-state index >= 15 is 0 Å². The lowest BCUT2D eigenvalue weighted by Gasteiger charge is -2.32. The van der Waals surface area contributed by atoms with Gasteiger partial charge in [-0.2, -0.15) is 4.31 Å². The molecular formula is C28H32ClN3O5S. The van der Waals surface area contributed by atoms with E-state index in [0.717, 1.165) is 27.4 Å². The molecule has 0 aromatic heterocycles. The second-order valence-corrected chi connectivity index (χ2v) is 11.4. The minimum Gasteiger partial charge on any atom is -0.497 e. The van der Waals surface area contributed by atoms with Gasteiger partial charge in [-0.3, -0.25) is 9.59 Å². The number of carbonyl (C=O) groups excluding carboxylic acids is 2. The van der Waals surface area contributed by atoms with Crippen molar-refractivity contribution >= 4 is 33.4 Å². The van der Waals surface area contributed by atoms with Gasteiger partial charge >= 0.3 is 0 Å². The molecule has 38 heavy (non-hydrogen) atoms. The summed E-state index contributed by atoms with van der Waals surface area (Å²) in [5, 5.41) is 3.50. The van der Waals surface area contributed by atoms with Crippen molar-refractivity contribution < 1.29 is 22.7 Å². The zero-order chi connectivity index (χ0) is 27.7. The van der Waals surface area contributed by atoms with E-state index in [9.17, 15) is 18.0 Å². The van der Waals surface area contributed by atoms with Crippen molar-refractivity contribution in [3.8, 4) is 5.75 Å². The monoisotopic (exact) mass is 557 g/mol. The highest BCUT2D eigenvalue weighted by Crippen LogP contribution is 2.25. The number of nitrogens with zero attached hydrogens (tertiary/aromatic N) is 2. The van der Waals surface area contributed by atoms with Crippen LogP contribution in [0.4, 0.5) is 0 Å². The summed E-state index contributed by atoms with van der Waals surface area (Å²) < 4.78 is 30.2. The fraction of sp³-hybridized carbons (Fsp3) is 0.286. The maximum Gasteiger partial charge on any atom is 0.247 e. The summed E-state index contributed by atoms with van der Waals surface area (Å²) in [5.74, 6) is -0.126. The van der Waals surface area contributed by atoms with Crippen LogP contribution in [0, 0.1) is 0 Å². The number of methoxy groups -OCH3 is 1. The Hall–Kier alpha value is -3.40. The van der Waals surface area contributed by atoms with Gasteiger partial charge in [0.25, 0.3) is 0 Å². The van der Waals surface area contributed by atoms with Crippen molar-refractivity contribution in [2.45, 2.75) is 19.0 Å². The van der Waals surface area contributed by atoms with Crippen LogP contribution >= 0.6 is 11.6 Å². The summed E-state index contributed by atoms with van der Waals surface area (Å²) in [6.07, 6.45) is 1.61. The molecule has 0 aliphatic heterocycles. The first-order valence-corrected chi connectivity index (χ1v) is 14.2. The van der Waals surface area contributed by atoms with Crippen molar-refractivity contribution in [3.05, 3.63) is 101 Å². The number of amides is 2. The molecule has 0 heterocycles. The molecule has 0 bridgehead atoms. The highest BCUT2D eigenvalue weighted by atomic mass is 35.5. The van der Waals surface area contributed by atoms with Crippen LogP contribution in [0.2, 0.25) is 5.02 Å². The number of rotatable bonds is 12. The molecular weight excluding hydrogens is 526 g/mol. The smallest absolute Gasteiger partial charge is 0.247 e. The molecule has 0 saturated carbocycles. The maximum absolute atomic E-state index is 13.6. The van der Waals surface area contributed by atoms with Gasteiger partial charge in [0.1, 0.15) is 11.8 Å². The van der Waals surface area contributed by atoms with Crippen molar-refractivity contribution in [1.29, 1.82) is 0 Å². The lowest BCUT2D eigenvalue weighted by molar-refractivity contribution is -0.141. The number of benzene rings is 3. The van der Waals surface area contributed by atoms with E-state index in [1.807, 2.05) is 30.3 Å². The first-order chi connectivity index (χ1) is 18.1. The molecule has 10 heteroatoms. The second kappa shape index (κ2) is 13.4. The maximum atomic E-state index is 13.6. The molecule has 3 aromatic rings. The van der Waals surface area contributed by atoms with Crippen molar-refractivity contribution in [2.75, 3.05) is 33.5 Å². The number of carbonyl (C=O) groups is 2. The SMILES string of the molecule is COc1ccc(CCNC(=O)[C@H](c2ccccc2)N(Cc2ccc(Cl)cc2)C(=O)CN(C)S(C)(=O)=O)cc1. The van der Waals surface area contributed by atoms with Gasteiger partial charge in [-0.25, -0.2) is 8.42 Å². The topological polar surface area (TPSA) is 96.0 Å². The Labute approximate surface area is 229 Å². The number of ether oxygens (including phenoxy) is 1. The molecule has 0 unspecified atom stereocenters. The van der Waals surface area contributed by atoms with E-state index in [2.05, 4.69) is 5.32 Å². The predicted molar refractivity (Wildman–Crippen MR) is 148 cm³/mol. The standard InChI is InChI=1S/C28H32ClN3O5S/c1-31(38(3,35)36)20-26(33)32(19-22-9-13-24(29)14-10-22)27(23-7-5-4-6-8-23)28(34)30-18-17-21-11-15-25(37-2)16-12-21/h4-16,27H,17-20H2,1-3H3,(H,30,34)/t27-/m0/s1. The van der Waals surface area contributed by atoms with Gasteiger partial charge in [0.15, 0.2) is 0 Å². The third-order valence-electron chi connectivity index (χ3n) is 6.06. The zero-order valence-electron chi connectivity index (χ0n) is 21.6. The molecule has 202 valence electrons. The molecule has 1 N–H and O–H groups in total.